The van der Waals surface area contributed by atoms with Crippen LogP contribution in [0.15, 0.2) is 151 Å². The highest BCUT2D eigenvalue weighted by atomic mass is 32.2. The molecule has 2 heterocycles. The van der Waals surface area contributed by atoms with Crippen molar-refractivity contribution in [3.8, 4) is 0 Å². The van der Waals surface area contributed by atoms with Crippen molar-refractivity contribution in [2.75, 3.05) is 10.6 Å². The molecule has 3 amide bonds. The third-order valence-electron chi connectivity index (χ3n) is 7.03. The SMILES string of the molecule is O=C(Nc1cccc(SC(C(=O)Nc2ccc3cc[nH]c3c2)c2ccccc2)c1)/C(=C/c1cccnc1)NC(=O)c1ccccc1. The molecule has 0 aliphatic rings. The minimum Gasteiger partial charge on any atom is -0.361 e. The van der Waals surface area contributed by atoms with E-state index < -0.39 is 17.1 Å². The zero-order chi connectivity index (χ0) is 31.7. The summed E-state index contributed by atoms with van der Waals surface area (Å²) in [5.41, 5.74) is 4.09. The van der Waals surface area contributed by atoms with Crippen LogP contribution in [0.25, 0.3) is 17.0 Å². The highest BCUT2D eigenvalue weighted by molar-refractivity contribution is 8.00. The van der Waals surface area contributed by atoms with E-state index >= 15 is 0 Å². The summed E-state index contributed by atoms with van der Waals surface area (Å²) >= 11 is 1.37. The molecule has 9 heteroatoms. The number of benzene rings is 4. The number of carbonyl (C=O) groups excluding carboxylic acids is 3. The van der Waals surface area contributed by atoms with Gasteiger partial charge in [-0.1, -0.05) is 66.7 Å². The van der Waals surface area contributed by atoms with Crippen molar-refractivity contribution in [2.45, 2.75) is 10.1 Å². The predicted molar refractivity (Wildman–Crippen MR) is 183 cm³/mol. The molecule has 226 valence electrons. The largest absolute Gasteiger partial charge is 0.361 e. The minimum atomic E-state index is -0.572. The summed E-state index contributed by atoms with van der Waals surface area (Å²) in [6.07, 6.45) is 6.66. The third kappa shape index (κ3) is 7.58. The Hall–Kier alpha value is -5.93. The fraction of sp³-hybridized carbons (Fsp3) is 0.0270. The van der Waals surface area contributed by atoms with Crippen LogP contribution in [-0.4, -0.2) is 27.7 Å². The number of hydrogen-bond donors (Lipinski definition) is 4. The first kappa shape index (κ1) is 30.1. The van der Waals surface area contributed by atoms with E-state index in [1.165, 1.54) is 11.8 Å². The van der Waals surface area contributed by atoms with Gasteiger partial charge in [0.15, 0.2) is 0 Å². The number of hydrogen-bond acceptors (Lipinski definition) is 5. The minimum absolute atomic E-state index is 0.0560. The van der Waals surface area contributed by atoms with E-state index in [0.717, 1.165) is 21.4 Å². The van der Waals surface area contributed by atoms with Gasteiger partial charge in [0.05, 0.1) is 0 Å². The van der Waals surface area contributed by atoms with E-state index in [1.54, 1.807) is 67.0 Å². The van der Waals surface area contributed by atoms with Gasteiger partial charge in [0.25, 0.3) is 11.8 Å². The van der Waals surface area contributed by atoms with Gasteiger partial charge in [-0.3, -0.25) is 19.4 Å². The molecule has 0 fully saturated rings. The summed E-state index contributed by atoms with van der Waals surface area (Å²) in [6, 6.07) is 36.7. The Morgan fingerprint density at radius 3 is 2.33 bits per heavy atom. The van der Waals surface area contributed by atoms with Crippen LogP contribution in [0.2, 0.25) is 0 Å². The molecule has 2 aromatic heterocycles. The molecular formula is C37H29N5O3S. The van der Waals surface area contributed by atoms with Gasteiger partial charge in [-0.05, 0) is 77.2 Å². The second kappa shape index (κ2) is 14.2. The zero-order valence-electron chi connectivity index (χ0n) is 24.5. The first-order chi connectivity index (χ1) is 22.5. The van der Waals surface area contributed by atoms with Crippen molar-refractivity contribution in [3.05, 3.63) is 162 Å². The number of rotatable bonds is 10. The van der Waals surface area contributed by atoms with E-state index in [0.29, 0.717) is 22.5 Å². The lowest BCUT2D eigenvalue weighted by Crippen LogP contribution is -2.30. The van der Waals surface area contributed by atoms with Crippen molar-refractivity contribution in [1.29, 1.82) is 0 Å². The van der Waals surface area contributed by atoms with Crippen LogP contribution in [0, 0.1) is 0 Å². The highest BCUT2D eigenvalue weighted by Gasteiger charge is 2.23. The van der Waals surface area contributed by atoms with Crippen molar-refractivity contribution in [2.24, 2.45) is 0 Å². The molecular weight excluding hydrogens is 595 g/mol. The molecule has 0 saturated heterocycles. The monoisotopic (exact) mass is 623 g/mol. The number of carbonyl (C=O) groups is 3. The molecule has 0 bridgehead atoms. The first-order valence-electron chi connectivity index (χ1n) is 14.5. The number of H-pyrrole nitrogens is 1. The Kier molecular flexibility index (Phi) is 9.32. The van der Waals surface area contributed by atoms with Crippen LogP contribution in [0.5, 0.6) is 0 Å². The molecule has 0 saturated carbocycles. The standard InChI is InChI=1S/C37H29N5O3S/c43-35(28-12-5-2-6-13-28)42-33(21-25-9-8-19-38-24-25)36(44)40-29-14-7-15-31(22-29)46-34(27-10-3-1-4-11-27)37(45)41-30-17-16-26-18-20-39-32(26)23-30/h1-24,34,39H,(H,40,44)(H,41,45)(H,42,43)/b33-21-. The van der Waals surface area contributed by atoms with Gasteiger partial charge < -0.3 is 20.9 Å². The first-order valence-corrected chi connectivity index (χ1v) is 15.4. The van der Waals surface area contributed by atoms with Crippen LogP contribution >= 0.6 is 11.8 Å². The molecule has 6 aromatic rings. The average Bonchev–Trinajstić information content (AvgIpc) is 3.56. The lowest BCUT2D eigenvalue weighted by Gasteiger charge is -2.18. The Labute approximate surface area is 270 Å². The van der Waals surface area contributed by atoms with Crippen LogP contribution in [-0.2, 0) is 9.59 Å². The number of thioether (sulfide) groups is 1. The molecule has 4 N–H and O–H groups in total. The number of fused-ring (bicyclic) bond motifs is 1. The van der Waals surface area contributed by atoms with Crippen LogP contribution < -0.4 is 16.0 Å². The summed E-state index contributed by atoms with van der Waals surface area (Å²) in [4.78, 5) is 48.2. The van der Waals surface area contributed by atoms with Crippen molar-refractivity contribution in [3.63, 3.8) is 0 Å². The maximum atomic E-state index is 13.7. The number of aromatic amines is 1. The maximum absolute atomic E-state index is 13.7. The summed E-state index contributed by atoms with van der Waals surface area (Å²) in [7, 11) is 0. The average molecular weight is 624 g/mol. The lowest BCUT2D eigenvalue weighted by atomic mass is 10.1. The third-order valence-corrected chi connectivity index (χ3v) is 8.28. The molecule has 1 unspecified atom stereocenters. The molecule has 0 spiro atoms. The van der Waals surface area contributed by atoms with Crippen LogP contribution in [0.3, 0.4) is 0 Å². The molecule has 8 nitrogen and oxygen atoms in total. The lowest BCUT2D eigenvalue weighted by molar-refractivity contribution is -0.116. The quantitative estimate of drug-likeness (QED) is 0.0935. The van der Waals surface area contributed by atoms with Gasteiger partial charge in [0.2, 0.25) is 5.91 Å². The Balaban J connectivity index is 1.22. The van der Waals surface area contributed by atoms with E-state index in [2.05, 4.69) is 25.9 Å². The molecule has 46 heavy (non-hydrogen) atoms. The smallest absolute Gasteiger partial charge is 0.272 e. The van der Waals surface area contributed by atoms with Crippen molar-refractivity contribution >= 4 is 57.8 Å². The number of amides is 3. The Morgan fingerprint density at radius 2 is 1.54 bits per heavy atom. The van der Waals surface area contributed by atoms with Gasteiger partial charge >= 0.3 is 0 Å². The molecule has 0 aliphatic heterocycles. The number of pyridine rings is 1. The maximum Gasteiger partial charge on any atom is 0.272 e. The number of nitrogens with one attached hydrogen (secondary N) is 4. The van der Waals surface area contributed by atoms with Gasteiger partial charge in [0, 0.05) is 45.9 Å². The molecule has 4 aromatic carbocycles. The molecule has 6 rings (SSSR count). The van der Waals surface area contributed by atoms with E-state index in [1.807, 2.05) is 79.0 Å². The highest BCUT2D eigenvalue weighted by Crippen LogP contribution is 2.37. The van der Waals surface area contributed by atoms with E-state index in [9.17, 15) is 14.4 Å². The van der Waals surface area contributed by atoms with Crippen LogP contribution in [0.1, 0.15) is 26.7 Å². The summed E-state index contributed by atoms with van der Waals surface area (Å²) in [5, 5.41) is 9.18. The van der Waals surface area contributed by atoms with Crippen molar-refractivity contribution in [1.82, 2.24) is 15.3 Å². The normalized spacial score (nSPS) is 11.9. The van der Waals surface area contributed by atoms with Gasteiger partial charge in [-0.15, -0.1) is 11.8 Å². The second-order valence-electron chi connectivity index (χ2n) is 10.3. The Morgan fingerprint density at radius 1 is 0.761 bits per heavy atom. The predicted octanol–water partition coefficient (Wildman–Crippen LogP) is 7.44. The Bertz CT molecular complexity index is 2010. The molecule has 1 atom stereocenters. The number of nitrogens with zero attached hydrogens (tertiary/aromatic N) is 1. The van der Waals surface area contributed by atoms with E-state index in [4.69, 9.17) is 0 Å². The number of anilines is 2. The summed E-state index contributed by atoms with van der Waals surface area (Å²) in [5.74, 6) is -1.10. The fourth-order valence-corrected chi connectivity index (χ4v) is 5.87. The van der Waals surface area contributed by atoms with Gasteiger partial charge in [0.1, 0.15) is 10.9 Å². The second-order valence-corrected chi connectivity index (χ2v) is 11.5. The van der Waals surface area contributed by atoms with Gasteiger partial charge in [-0.25, -0.2) is 0 Å². The van der Waals surface area contributed by atoms with Crippen LogP contribution in [0.4, 0.5) is 11.4 Å². The topological polar surface area (TPSA) is 116 Å². The summed E-state index contributed by atoms with van der Waals surface area (Å²) < 4.78 is 0. The number of aromatic nitrogens is 2. The molecule has 0 aliphatic carbocycles. The fourth-order valence-electron chi connectivity index (χ4n) is 4.79. The summed E-state index contributed by atoms with van der Waals surface area (Å²) in [6.45, 7) is 0. The van der Waals surface area contributed by atoms with E-state index in [-0.39, 0.29) is 11.6 Å². The zero-order valence-corrected chi connectivity index (χ0v) is 25.3. The molecule has 0 radical (unpaired) electrons. The van der Waals surface area contributed by atoms with Crippen molar-refractivity contribution < 1.29 is 14.4 Å². The van der Waals surface area contributed by atoms with Gasteiger partial charge in [-0.2, -0.15) is 0 Å².